The summed E-state index contributed by atoms with van der Waals surface area (Å²) in [5, 5.41) is 2.68. The molecule has 3 aromatic rings. The van der Waals surface area contributed by atoms with Crippen molar-refractivity contribution in [3.05, 3.63) is 48.5 Å². The number of nitrogens with two attached hydrogens (primary N) is 1. The van der Waals surface area contributed by atoms with Crippen LogP contribution in [0.2, 0.25) is 0 Å². The number of fused-ring (bicyclic) bond motifs is 1. The number of carbonyl (C=O) groups is 2. The lowest BCUT2D eigenvalue weighted by Gasteiger charge is -2.17. The third-order valence-corrected chi connectivity index (χ3v) is 4.90. The minimum Gasteiger partial charge on any atom is -0.424 e. The number of ether oxygens (including phenoxy) is 2. The molecule has 0 saturated carbocycles. The molecule has 1 aromatic carbocycles. The van der Waals surface area contributed by atoms with Crippen molar-refractivity contribution in [3.63, 3.8) is 0 Å². The van der Waals surface area contributed by atoms with Gasteiger partial charge in [0.1, 0.15) is 12.4 Å². The van der Waals surface area contributed by atoms with Crippen LogP contribution in [0.5, 0.6) is 0 Å². The normalized spacial score (nSPS) is 22.9. The highest BCUT2D eigenvalue weighted by Crippen LogP contribution is 2.37. The molecule has 1 aliphatic rings. The zero-order valence-corrected chi connectivity index (χ0v) is 16.3. The smallest absolute Gasteiger partial charge is 0.424 e. The maximum Gasteiger partial charge on any atom is 0.527 e. The number of alkyl halides is 1. The molecule has 1 fully saturated rings. The van der Waals surface area contributed by atoms with Gasteiger partial charge < -0.3 is 19.6 Å². The topological polar surface area (TPSA) is 143 Å². The molecule has 2 aromatic heterocycles. The molecule has 1 saturated heterocycles. The molecule has 3 N–H and O–H groups in total. The molecule has 1 amide bonds. The lowest BCUT2D eigenvalue weighted by atomic mass is 10.1. The van der Waals surface area contributed by atoms with E-state index in [9.17, 15) is 9.59 Å². The van der Waals surface area contributed by atoms with Crippen LogP contribution in [0.15, 0.2) is 43.0 Å². The number of amides is 1. The van der Waals surface area contributed by atoms with Crippen molar-refractivity contribution < 1.29 is 28.3 Å². The molecule has 0 bridgehead atoms. The van der Waals surface area contributed by atoms with Crippen LogP contribution in [-0.4, -0.2) is 50.0 Å². The first-order valence-corrected chi connectivity index (χ1v) is 9.44. The molecule has 4 rings (SSSR count). The molecule has 31 heavy (non-hydrogen) atoms. The number of nitrogens with one attached hydrogen (secondary N) is 1. The summed E-state index contributed by atoms with van der Waals surface area (Å²) in [5.74, 6) is 4.57. The van der Waals surface area contributed by atoms with Gasteiger partial charge >= 0.3 is 6.16 Å². The van der Waals surface area contributed by atoms with Gasteiger partial charge in [-0.15, -0.1) is 0 Å². The van der Waals surface area contributed by atoms with E-state index < -0.39 is 30.8 Å². The van der Waals surface area contributed by atoms with E-state index in [1.807, 2.05) is 0 Å². The van der Waals surface area contributed by atoms with Crippen LogP contribution >= 0.6 is 0 Å². The fraction of sp³-hybridized carbons (Fsp3) is 0.316. The number of imidazole rings is 1. The molecule has 12 heteroatoms. The van der Waals surface area contributed by atoms with Gasteiger partial charge in [-0.3, -0.25) is 9.36 Å². The zero-order valence-electron chi connectivity index (χ0n) is 16.3. The molecule has 0 spiro atoms. The Kier molecular flexibility index (Phi) is 5.73. The second kappa shape index (κ2) is 8.62. The number of anilines is 1. The number of nitrogens with zero attached hydrogens (tertiary/aromatic N) is 4. The number of carbonyl (C=O) groups excluding carboxylic acids is 2. The summed E-state index contributed by atoms with van der Waals surface area (Å²) in [7, 11) is 0. The van der Waals surface area contributed by atoms with Gasteiger partial charge in [-0.2, -0.15) is 5.90 Å². The molecule has 162 valence electrons. The van der Waals surface area contributed by atoms with Crippen LogP contribution < -0.4 is 11.2 Å². The first kappa shape index (κ1) is 20.6. The van der Waals surface area contributed by atoms with E-state index in [-0.39, 0.29) is 22.9 Å². The van der Waals surface area contributed by atoms with Crippen LogP contribution in [0.25, 0.3) is 11.2 Å². The Hall–Kier alpha value is -3.64. The summed E-state index contributed by atoms with van der Waals surface area (Å²) in [4.78, 5) is 40.3. The average molecular weight is 430 g/mol. The summed E-state index contributed by atoms with van der Waals surface area (Å²) in [6.07, 6.45) is -3.14. The minimum atomic E-state index is -1.74. The van der Waals surface area contributed by atoms with E-state index in [2.05, 4.69) is 25.1 Å². The maximum absolute atomic E-state index is 15.1. The van der Waals surface area contributed by atoms with Crippen LogP contribution in [-0.2, 0) is 14.3 Å². The minimum absolute atomic E-state index is 0.164. The molecule has 4 atom stereocenters. The lowest BCUT2D eigenvalue weighted by molar-refractivity contribution is -0.0356. The molecule has 1 aliphatic heterocycles. The van der Waals surface area contributed by atoms with Gasteiger partial charge in [-0.1, -0.05) is 25.1 Å². The highest BCUT2D eigenvalue weighted by molar-refractivity contribution is 6.06. The van der Waals surface area contributed by atoms with Crippen LogP contribution in [0.4, 0.5) is 15.0 Å². The van der Waals surface area contributed by atoms with E-state index in [1.54, 1.807) is 37.3 Å². The second-order valence-electron chi connectivity index (χ2n) is 6.73. The van der Waals surface area contributed by atoms with Gasteiger partial charge in [-0.05, 0) is 18.6 Å². The summed E-state index contributed by atoms with van der Waals surface area (Å²) < 4.78 is 27.2. The summed E-state index contributed by atoms with van der Waals surface area (Å²) in [5.41, 5.74) is 0.929. The number of aromatic nitrogens is 4. The Morgan fingerprint density at radius 1 is 1.26 bits per heavy atom. The molecule has 3 heterocycles. The van der Waals surface area contributed by atoms with E-state index in [0.717, 1.165) is 0 Å². The maximum atomic E-state index is 15.1. The van der Waals surface area contributed by atoms with Crippen molar-refractivity contribution in [2.75, 3.05) is 5.32 Å². The van der Waals surface area contributed by atoms with Crippen molar-refractivity contribution in [2.24, 2.45) is 5.90 Å². The number of hydrogen-bond acceptors (Lipinski definition) is 9. The molecular weight excluding hydrogens is 411 g/mol. The predicted molar refractivity (Wildman–Crippen MR) is 104 cm³/mol. The van der Waals surface area contributed by atoms with Gasteiger partial charge in [0.15, 0.2) is 35.5 Å². The third kappa shape index (κ3) is 3.90. The Bertz CT molecular complexity index is 1090. The zero-order chi connectivity index (χ0) is 22.0. The summed E-state index contributed by atoms with van der Waals surface area (Å²) in [6.45, 7) is 1.76. The molecule has 0 radical (unpaired) electrons. The molecule has 0 unspecified atom stereocenters. The number of rotatable bonds is 5. The van der Waals surface area contributed by atoms with Crippen molar-refractivity contribution in [1.82, 2.24) is 19.5 Å². The highest BCUT2D eigenvalue weighted by atomic mass is 19.1. The van der Waals surface area contributed by atoms with Gasteiger partial charge in [0, 0.05) is 5.56 Å². The monoisotopic (exact) mass is 430 g/mol. The number of hydrogen-bond donors (Lipinski definition) is 2. The van der Waals surface area contributed by atoms with Gasteiger partial charge in [0.25, 0.3) is 5.91 Å². The summed E-state index contributed by atoms with van der Waals surface area (Å²) in [6, 6.07) is 8.58. The fourth-order valence-electron chi connectivity index (χ4n) is 3.43. The fourth-order valence-corrected chi connectivity index (χ4v) is 3.43. The van der Waals surface area contributed by atoms with E-state index in [0.29, 0.717) is 12.0 Å². The molecular formula is C19H19FN6O5. The number of benzene rings is 1. The number of halogens is 1. The van der Waals surface area contributed by atoms with Crippen molar-refractivity contribution in [2.45, 2.75) is 38.0 Å². The van der Waals surface area contributed by atoms with Crippen LogP contribution in [0.1, 0.15) is 29.9 Å². The summed E-state index contributed by atoms with van der Waals surface area (Å²) >= 11 is 0. The van der Waals surface area contributed by atoms with Gasteiger partial charge in [0.05, 0.1) is 6.33 Å². The van der Waals surface area contributed by atoms with Crippen molar-refractivity contribution in [3.8, 4) is 0 Å². The van der Waals surface area contributed by atoms with E-state index in [4.69, 9.17) is 15.4 Å². The quantitative estimate of drug-likeness (QED) is 0.459. The van der Waals surface area contributed by atoms with E-state index >= 15 is 4.39 Å². The third-order valence-electron chi connectivity index (χ3n) is 4.90. The first-order valence-electron chi connectivity index (χ1n) is 9.44. The van der Waals surface area contributed by atoms with Crippen LogP contribution in [0, 0.1) is 0 Å². The molecule has 0 aliphatic carbocycles. The SMILES string of the molecule is CC[C@H]1O[C@@H](n2cnc3c(NC(=O)c4ccccc4)ncnc32)[C@H](F)[C@H]1OC(=O)ON. The Morgan fingerprint density at radius 3 is 2.74 bits per heavy atom. The van der Waals surface area contributed by atoms with Gasteiger partial charge in [0.2, 0.25) is 0 Å². The standard InChI is InChI=1S/C19H19FN6O5/c1-2-11-14(30-19(28)31-21)12(20)18(29-11)26-9-24-13-15(22-8-23-16(13)26)25-17(27)10-6-4-3-5-7-10/h3-9,11-12,14,18H,2,21H2,1H3,(H,22,23,25,27)/t11-,12-,14+,18-/m1/s1. The van der Waals surface area contributed by atoms with Crippen molar-refractivity contribution in [1.29, 1.82) is 0 Å². The Morgan fingerprint density at radius 2 is 2.03 bits per heavy atom. The Balaban J connectivity index is 1.62. The second-order valence-corrected chi connectivity index (χ2v) is 6.73. The lowest BCUT2D eigenvalue weighted by Crippen LogP contribution is -2.34. The van der Waals surface area contributed by atoms with E-state index in [1.165, 1.54) is 17.2 Å². The van der Waals surface area contributed by atoms with Gasteiger partial charge in [-0.25, -0.2) is 24.1 Å². The highest BCUT2D eigenvalue weighted by Gasteiger charge is 2.48. The largest absolute Gasteiger partial charge is 0.527 e. The first-order chi connectivity index (χ1) is 15.0. The van der Waals surface area contributed by atoms with Crippen LogP contribution in [0.3, 0.4) is 0 Å². The Labute approximate surface area is 175 Å². The average Bonchev–Trinajstić information content (AvgIpc) is 3.36. The predicted octanol–water partition coefficient (Wildman–Crippen LogP) is 2.12. The van der Waals surface area contributed by atoms with Crippen molar-refractivity contribution >= 4 is 29.0 Å². The molecule has 11 nitrogen and oxygen atoms in total.